The number of carboxylic acids is 1. The normalized spacial score (nSPS) is 11.9. The fourth-order valence-corrected chi connectivity index (χ4v) is 4.05. The second-order valence-corrected chi connectivity index (χ2v) is 9.47. The SMILES string of the molecule is CCOC(Cc1ccc(OCCN(CCCOCc2ccc(F)cc2)C(=O)Nc2ccccc2OC(F)(F)F)cc1)C(=O)O. The Balaban J connectivity index is 1.59. The molecule has 0 aliphatic carbocycles. The van der Waals surface area contributed by atoms with Gasteiger partial charge in [0, 0.05) is 26.2 Å². The molecule has 2 amide bonds. The van der Waals surface area contributed by atoms with E-state index in [0.717, 1.165) is 17.2 Å². The number of para-hydroxylation sites is 2. The summed E-state index contributed by atoms with van der Waals surface area (Å²) in [5, 5.41) is 11.7. The van der Waals surface area contributed by atoms with Gasteiger partial charge in [0.25, 0.3) is 0 Å². The Kier molecular flexibility index (Phi) is 13.2. The number of halogens is 4. The molecule has 1 atom stereocenters. The highest BCUT2D eigenvalue weighted by Gasteiger charge is 2.32. The largest absolute Gasteiger partial charge is 0.573 e. The van der Waals surface area contributed by atoms with Crippen molar-refractivity contribution >= 4 is 17.7 Å². The Morgan fingerprint density at radius 1 is 0.932 bits per heavy atom. The second-order valence-electron chi connectivity index (χ2n) is 9.47. The molecule has 0 saturated carbocycles. The summed E-state index contributed by atoms with van der Waals surface area (Å²) in [5.74, 6) is -1.49. The number of carbonyl (C=O) groups excluding carboxylic acids is 1. The molecule has 2 N–H and O–H groups in total. The van der Waals surface area contributed by atoms with Crippen LogP contribution in [0.25, 0.3) is 0 Å². The number of carbonyl (C=O) groups is 2. The van der Waals surface area contributed by atoms with Crippen molar-refractivity contribution < 1.29 is 51.2 Å². The van der Waals surface area contributed by atoms with Crippen LogP contribution in [0, 0.1) is 5.82 Å². The molecule has 0 saturated heterocycles. The van der Waals surface area contributed by atoms with Crippen LogP contribution in [-0.2, 0) is 27.3 Å². The van der Waals surface area contributed by atoms with Crippen molar-refractivity contribution in [1.82, 2.24) is 4.90 Å². The number of hydrogen-bond donors (Lipinski definition) is 2. The van der Waals surface area contributed by atoms with Gasteiger partial charge in [0.05, 0.1) is 18.8 Å². The number of benzene rings is 3. The predicted molar refractivity (Wildman–Crippen MR) is 153 cm³/mol. The van der Waals surface area contributed by atoms with E-state index >= 15 is 0 Å². The van der Waals surface area contributed by atoms with Gasteiger partial charge < -0.3 is 34.3 Å². The van der Waals surface area contributed by atoms with Gasteiger partial charge in [-0.15, -0.1) is 13.2 Å². The van der Waals surface area contributed by atoms with Crippen LogP contribution in [0.3, 0.4) is 0 Å². The van der Waals surface area contributed by atoms with E-state index in [9.17, 15) is 32.3 Å². The monoisotopic (exact) mass is 622 g/mol. The Labute approximate surface area is 252 Å². The number of rotatable bonds is 17. The van der Waals surface area contributed by atoms with Gasteiger partial charge >= 0.3 is 18.4 Å². The fraction of sp³-hybridized carbons (Fsp3) is 0.355. The van der Waals surface area contributed by atoms with E-state index in [2.05, 4.69) is 10.1 Å². The van der Waals surface area contributed by atoms with E-state index in [1.165, 1.54) is 35.2 Å². The van der Waals surface area contributed by atoms with Crippen molar-refractivity contribution in [2.24, 2.45) is 0 Å². The van der Waals surface area contributed by atoms with Crippen molar-refractivity contribution in [3.63, 3.8) is 0 Å². The highest BCUT2D eigenvalue weighted by atomic mass is 19.4. The van der Waals surface area contributed by atoms with Crippen LogP contribution in [0.1, 0.15) is 24.5 Å². The predicted octanol–water partition coefficient (Wildman–Crippen LogP) is 6.28. The van der Waals surface area contributed by atoms with Crippen LogP contribution >= 0.6 is 0 Å². The molecular weight excluding hydrogens is 588 g/mol. The number of urea groups is 1. The summed E-state index contributed by atoms with van der Waals surface area (Å²) in [7, 11) is 0. The maximum atomic E-state index is 13.1. The molecule has 3 aromatic rings. The summed E-state index contributed by atoms with van der Waals surface area (Å²) >= 11 is 0. The second kappa shape index (κ2) is 17.1. The highest BCUT2D eigenvalue weighted by molar-refractivity contribution is 5.91. The van der Waals surface area contributed by atoms with Crippen LogP contribution in [-0.4, -0.2) is 67.4 Å². The number of carboxylic acid groups (broad SMARTS) is 1. The molecule has 238 valence electrons. The van der Waals surface area contributed by atoms with Crippen molar-refractivity contribution in [3.05, 3.63) is 89.7 Å². The van der Waals surface area contributed by atoms with Gasteiger partial charge in [-0.05, 0) is 60.9 Å². The third-order valence-electron chi connectivity index (χ3n) is 6.16. The molecule has 0 spiro atoms. The van der Waals surface area contributed by atoms with Crippen molar-refractivity contribution in [1.29, 1.82) is 0 Å². The Morgan fingerprint density at radius 2 is 1.61 bits per heavy atom. The zero-order valence-corrected chi connectivity index (χ0v) is 24.0. The summed E-state index contributed by atoms with van der Waals surface area (Å²) in [6.07, 6.45) is -5.33. The van der Waals surface area contributed by atoms with Crippen molar-refractivity contribution in [3.8, 4) is 11.5 Å². The Hall–Kier alpha value is -4.36. The molecular formula is C31H34F4N2O7. The Morgan fingerprint density at radius 3 is 2.27 bits per heavy atom. The molecule has 0 fully saturated rings. The van der Waals surface area contributed by atoms with Gasteiger partial charge in [-0.3, -0.25) is 0 Å². The lowest BCUT2D eigenvalue weighted by Gasteiger charge is -2.24. The van der Waals surface area contributed by atoms with Gasteiger partial charge in [-0.1, -0.05) is 36.4 Å². The minimum atomic E-state index is -4.94. The van der Waals surface area contributed by atoms with E-state index in [0.29, 0.717) is 12.2 Å². The van der Waals surface area contributed by atoms with E-state index in [1.807, 2.05) is 0 Å². The molecule has 0 heterocycles. The van der Waals surface area contributed by atoms with Crippen molar-refractivity contribution in [2.45, 2.75) is 38.8 Å². The average Bonchev–Trinajstić information content (AvgIpc) is 2.97. The first kappa shape index (κ1) is 34.1. The number of nitrogens with zero attached hydrogens (tertiary/aromatic N) is 1. The number of alkyl halides is 3. The lowest BCUT2D eigenvalue weighted by molar-refractivity contribution is -0.274. The number of hydrogen-bond acceptors (Lipinski definition) is 6. The molecule has 3 aromatic carbocycles. The van der Waals surface area contributed by atoms with E-state index in [1.54, 1.807) is 43.3 Å². The van der Waals surface area contributed by atoms with Crippen LogP contribution < -0.4 is 14.8 Å². The van der Waals surface area contributed by atoms with E-state index in [-0.39, 0.29) is 57.4 Å². The van der Waals surface area contributed by atoms with E-state index in [4.69, 9.17) is 14.2 Å². The smallest absolute Gasteiger partial charge is 0.492 e. The molecule has 13 heteroatoms. The summed E-state index contributed by atoms with van der Waals surface area (Å²) in [5.41, 5.74) is 1.35. The van der Waals surface area contributed by atoms with Crippen LogP contribution in [0.5, 0.6) is 11.5 Å². The molecule has 0 radical (unpaired) electrons. The van der Waals surface area contributed by atoms with E-state index < -0.39 is 30.2 Å². The maximum Gasteiger partial charge on any atom is 0.573 e. The molecule has 44 heavy (non-hydrogen) atoms. The van der Waals surface area contributed by atoms with Gasteiger partial charge in [0.2, 0.25) is 0 Å². The number of ether oxygens (including phenoxy) is 4. The van der Waals surface area contributed by atoms with Gasteiger partial charge in [-0.25, -0.2) is 14.0 Å². The third kappa shape index (κ3) is 12.1. The standard InChI is InChI=1S/C31H34F4N2O7/c1-2-42-28(29(38)39)20-22-10-14-25(15-11-22)43-19-17-37(16-5-18-41-21-23-8-12-24(32)13-9-23)30(40)36-26-6-3-4-7-27(26)44-31(33,34)35/h3-4,6-15,28H,2,5,16-21H2,1H3,(H,36,40)(H,38,39). The molecule has 0 aliphatic rings. The zero-order chi connectivity index (χ0) is 32.0. The third-order valence-corrected chi connectivity index (χ3v) is 6.16. The van der Waals surface area contributed by atoms with Crippen molar-refractivity contribution in [2.75, 3.05) is 38.2 Å². The quantitative estimate of drug-likeness (QED) is 0.135. The highest BCUT2D eigenvalue weighted by Crippen LogP contribution is 2.30. The topological polar surface area (TPSA) is 107 Å². The molecule has 0 bridgehead atoms. The Bertz CT molecular complexity index is 1320. The summed E-state index contributed by atoms with van der Waals surface area (Å²) < 4.78 is 72.3. The maximum absolute atomic E-state index is 13.1. The molecule has 3 rings (SSSR count). The van der Waals surface area contributed by atoms with Gasteiger partial charge in [-0.2, -0.15) is 0 Å². The summed E-state index contributed by atoms with van der Waals surface area (Å²) in [6.45, 7) is 2.81. The molecule has 9 nitrogen and oxygen atoms in total. The molecule has 0 aromatic heterocycles. The zero-order valence-electron chi connectivity index (χ0n) is 24.0. The minimum absolute atomic E-state index is 0.0561. The van der Waals surface area contributed by atoms with Crippen LogP contribution in [0.2, 0.25) is 0 Å². The number of nitrogens with one attached hydrogen (secondary N) is 1. The summed E-state index contributed by atoms with van der Waals surface area (Å²) in [6, 6.07) is 17.1. The molecule has 1 unspecified atom stereocenters. The first-order valence-corrected chi connectivity index (χ1v) is 13.8. The van der Waals surface area contributed by atoms with Crippen LogP contribution in [0.15, 0.2) is 72.8 Å². The fourth-order valence-electron chi connectivity index (χ4n) is 4.05. The van der Waals surface area contributed by atoms with Gasteiger partial charge in [0.1, 0.15) is 18.2 Å². The lowest BCUT2D eigenvalue weighted by atomic mass is 10.1. The average molecular weight is 623 g/mol. The minimum Gasteiger partial charge on any atom is -0.492 e. The number of anilines is 1. The summed E-state index contributed by atoms with van der Waals surface area (Å²) in [4.78, 5) is 25.8. The first-order valence-electron chi connectivity index (χ1n) is 13.8. The first-order chi connectivity index (χ1) is 21.0. The van der Waals surface area contributed by atoms with Gasteiger partial charge in [0.15, 0.2) is 11.9 Å². The molecule has 0 aliphatic heterocycles. The van der Waals surface area contributed by atoms with Crippen LogP contribution in [0.4, 0.5) is 28.0 Å². The number of amides is 2. The lowest BCUT2D eigenvalue weighted by Crippen LogP contribution is -2.39. The number of aliphatic carboxylic acids is 1.